The Labute approximate surface area is 145 Å². The number of carbonyl (C=O) groups excluding carboxylic acids is 1. The smallest absolute Gasteiger partial charge is 0.220 e. The van der Waals surface area contributed by atoms with E-state index < -0.39 is 0 Å². The van der Waals surface area contributed by atoms with Crippen LogP contribution in [0.3, 0.4) is 0 Å². The molecule has 0 aliphatic heterocycles. The molecule has 1 aromatic carbocycles. The summed E-state index contributed by atoms with van der Waals surface area (Å²) in [7, 11) is 1.68. The largest absolute Gasteiger partial charge is 0.496 e. The van der Waals surface area contributed by atoms with Crippen LogP contribution in [-0.2, 0) is 4.79 Å². The van der Waals surface area contributed by atoms with E-state index in [1.165, 1.54) is 19.3 Å². The number of benzene rings is 1. The van der Waals surface area contributed by atoms with E-state index in [4.69, 9.17) is 10.5 Å². The highest BCUT2D eigenvalue weighted by Crippen LogP contribution is 2.40. The number of hydrogen-bond donors (Lipinski definition) is 2. The number of nitrogens with two attached hydrogens (primary N) is 1. The lowest BCUT2D eigenvalue weighted by Gasteiger charge is -2.45. The molecule has 2 bridgehead atoms. The molecule has 3 atom stereocenters. The minimum Gasteiger partial charge on any atom is -0.496 e. The van der Waals surface area contributed by atoms with Gasteiger partial charge >= 0.3 is 0 Å². The van der Waals surface area contributed by atoms with Crippen molar-refractivity contribution < 1.29 is 9.53 Å². The second kappa shape index (κ2) is 7.56. The van der Waals surface area contributed by atoms with Crippen molar-refractivity contribution >= 4 is 5.91 Å². The van der Waals surface area contributed by atoms with Crippen molar-refractivity contribution in [1.29, 1.82) is 0 Å². The molecule has 2 fully saturated rings. The van der Waals surface area contributed by atoms with Crippen LogP contribution in [0.5, 0.6) is 5.75 Å². The van der Waals surface area contributed by atoms with Crippen molar-refractivity contribution in [2.24, 2.45) is 17.6 Å². The average Bonchev–Trinajstić information content (AvgIpc) is 2.55. The Balaban J connectivity index is 1.61. The second-order valence-corrected chi connectivity index (χ2v) is 7.62. The monoisotopic (exact) mass is 330 g/mol. The number of ether oxygens (including phenoxy) is 1. The van der Waals surface area contributed by atoms with E-state index in [9.17, 15) is 4.79 Å². The summed E-state index contributed by atoms with van der Waals surface area (Å²) < 4.78 is 5.42. The summed E-state index contributed by atoms with van der Waals surface area (Å²) in [6.07, 6.45) is 6.32. The third-order valence-corrected chi connectivity index (χ3v) is 5.87. The second-order valence-electron chi connectivity index (χ2n) is 7.62. The number of carbonyl (C=O) groups is 1. The highest BCUT2D eigenvalue weighted by molar-refractivity contribution is 5.77. The number of para-hydroxylation sites is 1. The first-order chi connectivity index (χ1) is 11.6. The van der Waals surface area contributed by atoms with Gasteiger partial charge in [-0.25, -0.2) is 0 Å². The first kappa shape index (κ1) is 17.3. The third kappa shape index (κ3) is 3.75. The molecule has 0 saturated heterocycles. The Kier molecular flexibility index (Phi) is 5.44. The normalized spacial score (nSPS) is 30.5. The molecule has 3 N–H and O–H groups in total. The van der Waals surface area contributed by atoms with Gasteiger partial charge in [-0.3, -0.25) is 4.79 Å². The zero-order chi connectivity index (χ0) is 17.1. The Morgan fingerprint density at radius 3 is 2.62 bits per heavy atom. The van der Waals surface area contributed by atoms with Crippen molar-refractivity contribution in [3.63, 3.8) is 0 Å². The van der Waals surface area contributed by atoms with E-state index in [0.717, 1.165) is 24.2 Å². The van der Waals surface area contributed by atoms with E-state index in [1.54, 1.807) is 7.11 Å². The summed E-state index contributed by atoms with van der Waals surface area (Å²) >= 11 is 0. The topological polar surface area (TPSA) is 64.3 Å². The van der Waals surface area contributed by atoms with Crippen LogP contribution < -0.4 is 15.8 Å². The first-order valence-corrected chi connectivity index (χ1v) is 9.26. The number of rotatable bonds is 5. The Bertz CT molecular complexity index is 561. The van der Waals surface area contributed by atoms with Gasteiger partial charge in [-0.15, -0.1) is 0 Å². The predicted octanol–water partition coefficient (Wildman–Crippen LogP) is 3.21. The van der Waals surface area contributed by atoms with Crippen LogP contribution in [0.15, 0.2) is 24.3 Å². The molecule has 0 radical (unpaired) electrons. The van der Waals surface area contributed by atoms with E-state index in [2.05, 4.69) is 12.2 Å². The number of fused-ring (bicyclic) bond motifs is 2. The molecular formula is C20H30N2O2. The lowest BCUT2D eigenvalue weighted by atomic mass is 9.67. The van der Waals surface area contributed by atoms with Crippen molar-refractivity contribution in [2.75, 3.05) is 7.11 Å². The van der Waals surface area contributed by atoms with Gasteiger partial charge < -0.3 is 15.8 Å². The highest BCUT2D eigenvalue weighted by atomic mass is 16.5. The number of hydrogen-bond acceptors (Lipinski definition) is 3. The third-order valence-electron chi connectivity index (χ3n) is 5.87. The molecule has 4 heteroatoms. The fourth-order valence-corrected chi connectivity index (χ4v) is 4.73. The number of methoxy groups -OCH3 is 1. The van der Waals surface area contributed by atoms with Crippen LogP contribution >= 0.6 is 0 Å². The fourth-order valence-electron chi connectivity index (χ4n) is 4.73. The zero-order valence-corrected chi connectivity index (χ0v) is 14.8. The van der Waals surface area contributed by atoms with Gasteiger partial charge in [0.05, 0.1) is 7.11 Å². The van der Waals surface area contributed by atoms with Gasteiger partial charge in [-0.2, -0.15) is 0 Å². The zero-order valence-electron chi connectivity index (χ0n) is 14.8. The van der Waals surface area contributed by atoms with Gasteiger partial charge in [0.2, 0.25) is 5.91 Å². The van der Waals surface area contributed by atoms with Crippen LogP contribution in [0.4, 0.5) is 0 Å². The standard InChI is InChI=1S/C20H30N2O2/c1-13(17-8-3-4-9-18(17)24-2)10-19(23)22-20-14-6-5-7-15(20)12-16(21)11-14/h3-4,8-9,13-16,20H,5-7,10-12,21H2,1-2H3,(H,22,23). The van der Waals surface area contributed by atoms with Crippen molar-refractivity contribution in [3.8, 4) is 5.75 Å². The fraction of sp³-hybridized carbons (Fsp3) is 0.650. The molecule has 0 heterocycles. The van der Waals surface area contributed by atoms with Crippen LogP contribution in [0.1, 0.15) is 56.9 Å². The van der Waals surface area contributed by atoms with Crippen LogP contribution in [0.25, 0.3) is 0 Å². The summed E-state index contributed by atoms with van der Waals surface area (Å²) in [5.41, 5.74) is 7.28. The maximum absolute atomic E-state index is 12.6. The molecule has 1 aromatic rings. The molecule has 132 valence electrons. The van der Waals surface area contributed by atoms with E-state index in [1.807, 2.05) is 24.3 Å². The minimum absolute atomic E-state index is 0.145. The Morgan fingerprint density at radius 2 is 1.96 bits per heavy atom. The molecule has 3 rings (SSSR count). The summed E-state index contributed by atoms with van der Waals surface area (Å²) in [5.74, 6) is 2.30. The van der Waals surface area contributed by atoms with Crippen molar-refractivity contribution in [3.05, 3.63) is 29.8 Å². The molecule has 2 saturated carbocycles. The molecule has 24 heavy (non-hydrogen) atoms. The summed E-state index contributed by atoms with van der Waals surface area (Å²) in [6, 6.07) is 8.61. The van der Waals surface area contributed by atoms with Crippen LogP contribution in [0.2, 0.25) is 0 Å². The number of nitrogens with one attached hydrogen (secondary N) is 1. The molecule has 0 spiro atoms. The van der Waals surface area contributed by atoms with Gasteiger partial charge in [-0.05, 0) is 55.1 Å². The first-order valence-electron chi connectivity index (χ1n) is 9.26. The van der Waals surface area contributed by atoms with Crippen LogP contribution in [0, 0.1) is 11.8 Å². The Morgan fingerprint density at radius 1 is 1.29 bits per heavy atom. The van der Waals surface area contributed by atoms with Crippen molar-refractivity contribution in [2.45, 2.75) is 63.5 Å². The van der Waals surface area contributed by atoms with Crippen LogP contribution in [-0.4, -0.2) is 25.1 Å². The quantitative estimate of drug-likeness (QED) is 0.871. The van der Waals surface area contributed by atoms with Gasteiger partial charge in [0.25, 0.3) is 0 Å². The molecule has 0 aromatic heterocycles. The van der Waals surface area contributed by atoms with Gasteiger partial charge in [0, 0.05) is 18.5 Å². The highest BCUT2D eigenvalue weighted by Gasteiger charge is 2.39. The van der Waals surface area contributed by atoms with E-state index >= 15 is 0 Å². The lowest BCUT2D eigenvalue weighted by Crippen LogP contribution is -2.53. The maximum atomic E-state index is 12.6. The predicted molar refractivity (Wildman–Crippen MR) is 96.0 cm³/mol. The molecule has 4 nitrogen and oxygen atoms in total. The Hall–Kier alpha value is -1.55. The molecule has 2 aliphatic rings. The minimum atomic E-state index is 0.145. The van der Waals surface area contributed by atoms with Gasteiger partial charge in [-0.1, -0.05) is 31.5 Å². The summed E-state index contributed by atoms with van der Waals surface area (Å²) in [5, 5.41) is 3.34. The molecule has 1 amide bonds. The maximum Gasteiger partial charge on any atom is 0.220 e. The SMILES string of the molecule is COc1ccccc1C(C)CC(=O)NC1C2CCCC1CC(N)C2. The van der Waals surface area contributed by atoms with E-state index in [-0.39, 0.29) is 11.8 Å². The molecular weight excluding hydrogens is 300 g/mol. The van der Waals surface area contributed by atoms with E-state index in [0.29, 0.717) is 30.3 Å². The average molecular weight is 330 g/mol. The van der Waals surface area contributed by atoms with Gasteiger partial charge in [0.1, 0.15) is 5.75 Å². The lowest BCUT2D eigenvalue weighted by molar-refractivity contribution is -0.123. The molecule has 3 unspecified atom stereocenters. The summed E-state index contributed by atoms with van der Waals surface area (Å²) in [4.78, 5) is 12.6. The summed E-state index contributed by atoms with van der Waals surface area (Å²) in [6.45, 7) is 2.09. The molecule has 2 aliphatic carbocycles. The van der Waals surface area contributed by atoms with Gasteiger partial charge in [0.15, 0.2) is 0 Å². The number of amides is 1. The van der Waals surface area contributed by atoms with Crippen molar-refractivity contribution in [1.82, 2.24) is 5.32 Å².